The Morgan fingerprint density at radius 3 is 2.59 bits per heavy atom. The molecule has 3 amide bonds. The number of alkyl halides is 2. The molecule has 4 heterocycles. The van der Waals surface area contributed by atoms with Crippen LogP contribution in [0.15, 0.2) is 30.3 Å². The van der Waals surface area contributed by atoms with Crippen molar-refractivity contribution in [2.75, 3.05) is 35.6 Å². The van der Waals surface area contributed by atoms with E-state index in [1.165, 1.54) is 15.9 Å². The quantitative estimate of drug-likeness (QED) is 0.118. The number of nitrogens with one attached hydrogen (secondary N) is 2. The fourth-order valence-electron chi connectivity index (χ4n) is 5.46. The van der Waals surface area contributed by atoms with Crippen LogP contribution in [-0.4, -0.2) is 67.8 Å². The molecule has 12 heteroatoms. The van der Waals surface area contributed by atoms with E-state index in [1.54, 1.807) is 30.9 Å². The SMILES string of the molecule is CC(N1CCC(CCN2C(=O)CN(C(=O)c3ccc(Cl)s3)Cc3ccc(CNC(=O)C(C)(C)N)cc32)CC1)I1CN1. The molecule has 5 rings (SSSR count). The van der Waals surface area contributed by atoms with Gasteiger partial charge in [-0.15, -0.1) is 11.3 Å². The Kier molecular flexibility index (Phi) is 9.61. The summed E-state index contributed by atoms with van der Waals surface area (Å²) in [6, 6.07) is 9.30. The molecule has 3 aliphatic heterocycles. The van der Waals surface area contributed by atoms with Crippen molar-refractivity contribution in [1.82, 2.24) is 18.6 Å². The summed E-state index contributed by atoms with van der Waals surface area (Å²) >= 11 is 6.44. The molecule has 4 N–H and O–H groups in total. The molecule has 9 nitrogen and oxygen atoms in total. The van der Waals surface area contributed by atoms with Gasteiger partial charge in [-0.05, 0) is 26.0 Å². The minimum absolute atomic E-state index is 0.00598. The van der Waals surface area contributed by atoms with E-state index in [1.807, 2.05) is 23.1 Å². The molecule has 1 aromatic heterocycles. The predicted octanol–water partition coefficient (Wildman–Crippen LogP) is 4.17. The van der Waals surface area contributed by atoms with E-state index in [0.29, 0.717) is 34.8 Å². The van der Waals surface area contributed by atoms with Crippen LogP contribution in [0.2, 0.25) is 4.34 Å². The van der Waals surface area contributed by atoms with Crippen LogP contribution in [0.3, 0.4) is 0 Å². The van der Waals surface area contributed by atoms with Crippen LogP contribution in [0.4, 0.5) is 5.69 Å². The van der Waals surface area contributed by atoms with Crippen LogP contribution in [0.25, 0.3) is 0 Å². The van der Waals surface area contributed by atoms with E-state index in [9.17, 15) is 14.4 Å². The van der Waals surface area contributed by atoms with Crippen molar-refractivity contribution in [2.24, 2.45) is 11.7 Å². The predicted molar refractivity (Wildman–Crippen MR) is 173 cm³/mol. The summed E-state index contributed by atoms with van der Waals surface area (Å²) in [4.78, 5) is 46.1. The van der Waals surface area contributed by atoms with Gasteiger partial charge in [0.15, 0.2) is 0 Å². The van der Waals surface area contributed by atoms with Gasteiger partial charge in [0, 0.05) is 0 Å². The number of rotatable bonds is 9. The Morgan fingerprint density at radius 2 is 1.95 bits per heavy atom. The summed E-state index contributed by atoms with van der Waals surface area (Å²) in [5.41, 5.74) is 7.57. The number of hydrogen-bond donors (Lipinski definition) is 3. The normalized spacial score (nSPS) is 20.0. The van der Waals surface area contributed by atoms with Gasteiger partial charge < -0.3 is 11.1 Å². The fraction of sp³-hybridized carbons (Fsp3) is 0.552. The van der Waals surface area contributed by atoms with E-state index in [4.69, 9.17) is 17.3 Å². The van der Waals surface area contributed by atoms with Gasteiger partial charge >= 0.3 is 170 Å². The Hall–Kier alpha value is -1.77. The number of halogens is 2. The summed E-state index contributed by atoms with van der Waals surface area (Å²) in [6.45, 7) is 9.20. The molecular formula is C29H40ClIN6O3S. The number of fused-ring (bicyclic) bond motifs is 1. The third-order valence-corrected chi connectivity index (χ3v) is 13.9. The third kappa shape index (κ3) is 7.61. The number of hydrogen-bond acceptors (Lipinski definition) is 7. The molecular weight excluding hydrogens is 675 g/mol. The van der Waals surface area contributed by atoms with Gasteiger partial charge in [-0.3, -0.25) is 9.59 Å². The second-order valence-electron chi connectivity index (χ2n) is 11.7. The van der Waals surface area contributed by atoms with Gasteiger partial charge in [-0.1, -0.05) is 11.6 Å². The van der Waals surface area contributed by atoms with Crippen LogP contribution in [0.5, 0.6) is 0 Å². The van der Waals surface area contributed by atoms with E-state index in [-0.39, 0.29) is 24.3 Å². The maximum absolute atomic E-state index is 13.7. The van der Waals surface area contributed by atoms with E-state index < -0.39 is 25.6 Å². The molecule has 0 radical (unpaired) electrons. The number of benzene rings is 1. The number of anilines is 1. The first-order chi connectivity index (χ1) is 19.5. The number of nitrogens with two attached hydrogens (primary N) is 1. The minimum atomic E-state index is -0.982. The average Bonchev–Trinajstić information content (AvgIpc) is 3.72. The van der Waals surface area contributed by atoms with E-state index in [0.717, 1.165) is 53.2 Å². The second-order valence-corrected chi connectivity index (χ2v) is 19.0. The van der Waals surface area contributed by atoms with Crippen molar-refractivity contribution in [1.29, 1.82) is 0 Å². The molecule has 2 aromatic rings. The number of carbonyl (C=O) groups excluding carboxylic acids is 3. The zero-order valence-electron chi connectivity index (χ0n) is 23.9. The number of carbonyl (C=O) groups is 3. The summed E-state index contributed by atoms with van der Waals surface area (Å²) < 4.78 is 6.13. The molecule has 2 fully saturated rings. The summed E-state index contributed by atoms with van der Waals surface area (Å²) in [6.07, 6.45) is 3.21. The molecule has 1 atom stereocenters. The molecule has 3 aliphatic rings. The molecule has 0 spiro atoms. The summed E-state index contributed by atoms with van der Waals surface area (Å²) in [7, 11) is 0. The molecule has 41 heavy (non-hydrogen) atoms. The molecule has 0 aliphatic carbocycles. The number of likely N-dealkylation sites (tertiary alicyclic amines) is 1. The Bertz CT molecular complexity index is 1290. The molecule has 224 valence electrons. The van der Waals surface area contributed by atoms with Crippen molar-refractivity contribution in [3.63, 3.8) is 0 Å². The number of thiophene rings is 1. The van der Waals surface area contributed by atoms with Gasteiger partial charge in [0.1, 0.15) is 0 Å². The van der Waals surface area contributed by atoms with E-state index in [2.05, 4.69) is 20.7 Å². The monoisotopic (exact) mass is 714 g/mol. The Morgan fingerprint density at radius 1 is 1.22 bits per heavy atom. The van der Waals surface area contributed by atoms with Crippen molar-refractivity contribution >= 4 is 66.4 Å². The van der Waals surface area contributed by atoms with Crippen LogP contribution >= 0.6 is 43.0 Å². The molecule has 1 aromatic carbocycles. The molecule has 0 saturated carbocycles. The number of amides is 3. The number of piperidine rings is 1. The van der Waals surface area contributed by atoms with Crippen molar-refractivity contribution in [2.45, 2.75) is 62.7 Å². The number of nitrogens with zero attached hydrogens (tertiary/aromatic N) is 3. The van der Waals surface area contributed by atoms with Gasteiger partial charge in [-0.2, -0.15) is 0 Å². The zero-order valence-corrected chi connectivity index (χ0v) is 27.7. The van der Waals surface area contributed by atoms with Crippen molar-refractivity contribution in [3.8, 4) is 0 Å². The first kappa shape index (κ1) is 30.7. The van der Waals surface area contributed by atoms with Gasteiger partial charge in [-0.25, -0.2) is 0 Å². The summed E-state index contributed by atoms with van der Waals surface area (Å²) in [5.74, 6) is 0.0314. The average molecular weight is 715 g/mol. The third-order valence-electron chi connectivity index (χ3n) is 8.12. The zero-order chi connectivity index (χ0) is 29.3. The van der Waals surface area contributed by atoms with Gasteiger partial charge in [0.25, 0.3) is 0 Å². The van der Waals surface area contributed by atoms with E-state index >= 15 is 0 Å². The van der Waals surface area contributed by atoms with Crippen LogP contribution < -0.4 is 19.5 Å². The maximum atomic E-state index is 13.7. The molecule has 0 bridgehead atoms. The van der Waals surface area contributed by atoms with Crippen LogP contribution in [0.1, 0.15) is 60.8 Å². The van der Waals surface area contributed by atoms with Gasteiger partial charge in [0.2, 0.25) is 5.91 Å². The van der Waals surface area contributed by atoms with Gasteiger partial charge in [0.05, 0.1) is 14.8 Å². The first-order valence-electron chi connectivity index (χ1n) is 14.2. The Labute approximate surface area is 258 Å². The fourth-order valence-corrected chi connectivity index (χ4v) is 10.5. The topological polar surface area (TPSA) is 121 Å². The van der Waals surface area contributed by atoms with Crippen molar-refractivity contribution < 1.29 is 14.4 Å². The second kappa shape index (κ2) is 12.8. The standard InChI is InChI=1S/C29H40ClIN6O3S/c1-19(31-18-34-31)35-11-8-20(9-12-35)10-13-37-23-14-21(15-33-28(40)29(2,3)32)4-5-22(23)16-36(17-26(37)38)27(39)24-6-7-25(30)41-24/h4-7,14,19-20,34H,8-13,15-18,32H2,1-3H3,(H,33,40). The first-order valence-corrected chi connectivity index (χ1v) is 19.2. The molecule has 1 unspecified atom stereocenters. The molecule has 2 saturated heterocycles. The Balaban J connectivity index is 1.32. The van der Waals surface area contributed by atoms with Crippen LogP contribution in [0, 0.1) is 5.92 Å². The van der Waals surface area contributed by atoms with Crippen LogP contribution in [-0.2, 0) is 22.7 Å². The van der Waals surface area contributed by atoms with Crippen molar-refractivity contribution in [3.05, 3.63) is 50.7 Å². The summed E-state index contributed by atoms with van der Waals surface area (Å²) in [5, 5.41) is 2.90.